The van der Waals surface area contributed by atoms with Crippen LogP contribution in [0.4, 0.5) is 0 Å². The summed E-state index contributed by atoms with van der Waals surface area (Å²) in [5, 5.41) is 10.6. The Bertz CT molecular complexity index is 282. The molecule has 1 heterocycles. The normalized spacial score (nSPS) is 40.2. The molecule has 0 aromatic rings. The van der Waals surface area contributed by atoms with E-state index in [9.17, 15) is 5.11 Å². The van der Waals surface area contributed by atoms with Gasteiger partial charge in [0.2, 0.25) is 0 Å². The lowest BCUT2D eigenvalue weighted by molar-refractivity contribution is -0.0938. The van der Waals surface area contributed by atoms with E-state index in [0.717, 1.165) is 45.6 Å². The average Bonchev–Trinajstić information content (AvgIpc) is 2.29. The summed E-state index contributed by atoms with van der Waals surface area (Å²) in [4.78, 5) is 2.40. The van der Waals surface area contributed by atoms with Crippen molar-refractivity contribution in [2.45, 2.75) is 44.8 Å². The standard InChI is InChI=1S/C14H25NO2/c1-11(2)12-4-5-14(3,16)13(10-12)15-6-8-17-9-7-15/h12-13,16H,1,4-10H2,2-3H3/t12-,13?,14?/m1/s1. The molecule has 0 bridgehead atoms. The van der Waals surface area contributed by atoms with Crippen molar-refractivity contribution < 1.29 is 9.84 Å². The van der Waals surface area contributed by atoms with Gasteiger partial charge in [-0.25, -0.2) is 0 Å². The van der Waals surface area contributed by atoms with Crippen LogP contribution in [0.1, 0.15) is 33.1 Å². The first-order chi connectivity index (χ1) is 8.00. The molecular formula is C14H25NO2. The molecule has 2 unspecified atom stereocenters. The Balaban J connectivity index is 2.06. The maximum Gasteiger partial charge on any atom is 0.0774 e. The van der Waals surface area contributed by atoms with Gasteiger partial charge in [0.25, 0.3) is 0 Å². The molecule has 1 N–H and O–H groups in total. The van der Waals surface area contributed by atoms with Gasteiger partial charge in [-0.3, -0.25) is 4.90 Å². The highest BCUT2D eigenvalue weighted by molar-refractivity contribution is 5.05. The van der Waals surface area contributed by atoms with E-state index in [-0.39, 0.29) is 6.04 Å². The number of rotatable bonds is 2. The van der Waals surface area contributed by atoms with Gasteiger partial charge in [-0.1, -0.05) is 12.2 Å². The van der Waals surface area contributed by atoms with Crippen molar-refractivity contribution >= 4 is 0 Å². The van der Waals surface area contributed by atoms with Crippen LogP contribution in [0.2, 0.25) is 0 Å². The van der Waals surface area contributed by atoms with Crippen LogP contribution in [-0.4, -0.2) is 48.0 Å². The summed E-state index contributed by atoms with van der Waals surface area (Å²) >= 11 is 0. The van der Waals surface area contributed by atoms with Gasteiger partial charge in [0, 0.05) is 19.1 Å². The summed E-state index contributed by atoms with van der Waals surface area (Å²) in [5.41, 5.74) is 0.710. The fourth-order valence-corrected chi connectivity index (χ4v) is 3.15. The Morgan fingerprint density at radius 2 is 2.06 bits per heavy atom. The highest BCUT2D eigenvalue weighted by Crippen LogP contribution is 2.38. The number of allylic oxidation sites excluding steroid dienone is 1. The van der Waals surface area contributed by atoms with Crippen molar-refractivity contribution in [1.82, 2.24) is 4.90 Å². The van der Waals surface area contributed by atoms with Crippen LogP contribution in [0.5, 0.6) is 0 Å². The summed E-state index contributed by atoms with van der Waals surface area (Å²) < 4.78 is 5.39. The molecule has 2 fully saturated rings. The van der Waals surface area contributed by atoms with Crippen molar-refractivity contribution in [3.05, 3.63) is 12.2 Å². The second kappa shape index (κ2) is 5.09. The summed E-state index contributed by atoms with van der Waals surface area (Å²) in [7, 11) is 0. The van der Waals surface area contributed by atoms with Crippen LogP contribution < -0.4 is 0 Å². The SMILES string of the molecule is C=C(C)[C@@H]1CCC(C)(O)C(N2CCOCC2)C1. The molecule has 0 aromatic carbocycles. The third-order valence-electron chi connectivity index (χ3n) is 4.41. The van der Waals surface area contributed by atoms with E-state index in [0.29, 0.717) is 5.92 Å². The molecule has 3 atom stereocenters. The lowest BCUT2D eigenvalue weighted by Gasteiger charge is -2.47. The van der Waals surface area contributed by atoms with Gasteiger partial charge in [0.05, 0.1) is 18.8 Å². The van der Waals surface area contributed by atoms with E-state index >= 15 is 0 Å². The van der Waals surface area contributed by atoms with E-state index < -0.39 is 5.60 Å². The second-order valence-corrected chi connectivity index (χ2v) is 5.84. The highest BCUT2D eigenvalue weighted by atomic mass is 16.5. The first kappa shape index (κ1) is 13.1. The van der Waals surface area contributed by atoms with Crippen LogP contribution >= 0.6 is 0 Å². The third-order valence-corrected chi connectivity index (χ3v) is 4.41. The number of morpholine rings is 1. The molecule has 1 saturated carbocycles. The molecule has 1 saturated heterocycles. The van der Waals surface area contributed by atoms with E-state index in [4.69, 9.17) is 4.74 Å². The lowest BCUT2D eigenvalue weighted by Crippen LogP contribution is -2.57. The number of ether oxygens (including phenoxy) is 1. The van der Waals surface area contributed by atoms with E-state index in [2.05, 4.69) is 18.4 Å². The van der Waals surface area contributed by atoms with E-state index in [1.165, 1.54) is 5.57 Å². The summed E-state index contributed by atoms with van der Waals surface area (Å²) in [6.45, 7) is 11.7. The molecule has 98 valence electrons. The molecule has 0 aromatic heterocycles. The zero-order valence-corrected chi connectivity index (χ0v) is 11.1. The Kier molecular flexibility index (Phi) is 3.91. The molecule has 3 nitrogen and oxygen atoms in total. The maximum absolute atomic E-state index is 10.6. The summed E-state index contributed by atoms with van der Waals surface area (Å²) in [6, 6.07) is 0.266. The minimum absolute atomic E-state index is 0.266. The van der Waals surface area contributed by atoms with Crippen molar-refractivity contribution in [3.8, 4) is 0 Å². The number of nitrogens with zero attached hydrogens (tertiary/aromatic N) is 1. The third kappa shape index (κ3) is 2.90. The number of aliphatic hydroxyl groups is 1. The van der Waals surface area contributed by atoms with Crippen LogP contribution in [0.15, 0.2) is 12.2 Å². The summed E-state index contributed by atoms with van der Waals surface area (Å²) in [5.74, 6) is 0.572. The van der Waals surface area contributed by atoms with Crippen molar-refractivity contribution in [2.24, 2.45) is 5.92 Å². The van der Waals surface area contributed by atoms with E-state index in [1.54, 1.807) is 0 Å². The lowest BCUT2D eigenvalue weighted by atomic mass is 9.73. The van der Waals surface area contributed by atoms with Crippen LogP contribution in [0, 0.1) is 5.92 Å². The Hall–Kier alpha value is -0.380. The molecule has 0 radical (unpaired) electrons. The Labute approximate surface area is 104 Å². The molecule has 1 aliphatic heterocycles. The topological polar surface area (TPSA) is 32.7 Å². The monoisotopic (exact) mass is 239 g/mol. The van der Waals surface area contributed by atoms with E-state index in [1.807, 2.05) is 6.92 Å². The van der Waals surface area contributed by atoms with Crippen molar-refractivity contribution in [1.29, 1.82) is 0 Å². The Morgan fingerprint density at radius 3 is 2.65 bits per heavy atom. The fourth-order valence-electron chi connectivity index (χ4n) is 3.15. The van der Waals surface area contributed by atoms with Gasteiger partial charge >= 0.3 is 0 Å². The molecule has 1 aliphatic carbocycles. The van der Waals surface area contributed by atoms with Crippen molar-refractivity contribution in [2.75, 3.05) is 26.3 Å². The zero-order valence-electron chi connectivity index (χ0n) is 11.1. The number of hydrogen-bond acceptors (Lipinski definition) is 3. The number of hydrogen-bond donors (Lipinski definition) is 1. The predicted octanol–water partition coefficient (Wildman–Crippen LogP) is 1.81. The first-order valence-electron chi connectivity index (χ1n) is 6.70. The second-order valence-electron chi connectivity index (χ2n) is 5.84. The quantitative estimate of drug-likeness (QED) is 0.746. The van der Waals surface area contributed by atoms with Gasteiger partial charge in [-0.2, -0.15) is 0 Å². The minimum Gasteiger partial charge on any atom is -0.389 e. The zero-order chi connectivity index (χ0) is 12.5. The van der Waals surface area contributed by atoms with Gasteiger partial charge in [-0.15, -0.1) is 0 Å². The average molecular weight is 239 g/mol. The minimum atomic E-state index is -0.552. The molecule has 2 aliphatic rings. The molecule has 2 rings (SSSR count). The summed E-state index contributed by atoms with van der Waals surface area (Å²) in [6.07, 6.45) is 3.00. The highest BCUT2D eigenvalue weighted by Gasteiger charge is 2.41. The largest absolute Gasteiger partial charge is 0.389 e. The molecular weight excluding hydrogens is 214 g/mol. The maximum atomic E-state index is 10.6. The van der Waals surface area contributed by atoms with Crippen molar-refractivity contribution in [3.63, 3.8) is 0 Å². The Morgan fingerprint density at radius 1 is 1.41 bits per heavy atom. The molecule has 0 spiro atoms. The van der Waals surface area contributed by atoms with Gasteiger partial charge in [0.15, 0.2) is 0 Å². The molecule has 3 heteroatoms. The fraction of sp³-hybridized carbons (Fsp3) is 0.857. The van der Waals surface area contributed by atoms with Gasteiger partial charge in [-0.05, 0) is 39.0 Å². The molecule has 0 amide bonds. The smallest absolute Gasteiger partial charge is 0.0774 e. The van der Waals surface area contributed by atoms with Crippen LogP contribution in [0.25, 0.3) is 0 Å². The van der Waals surface area contributed by atoms with Crippen LogP contribution in [0.3, 0.4) is 0 Å². The van der Waals surface area contributed by atoms with Gasteiger partial charge in [0.1, 0.15) is 0 Å². The van der Waals surface area contributed by atoms with Gasteiger partial charge < -0.3 is 9.84 Å². The predicted molar refractivity (Wildman–Crippen MR) is 69.0 cm³/mol. The first-order valence-corrected chi connectivity index (χ1v) is 6.70. The molecule has 17 heavy (non-hydrogen) atoms. The van der Waals surface area contributed by atoms with Crippen LogP contribution in [-0.2, 0) is 4.74 Å².